The van der Waals surface area contributed by atoms with Crippen LogP contribution in [-0.4, -0.2) is 13.1 Å². The van der Waals surface area contributed by atoms with Crippen molar-refractivity contribution in [2.75, 3.05) is 13.1 Å². The van der Waals surface area contributed by atoms with Gasteiger partial charge in [0.2, 0.25) is 0 Å². The number of ether oxygens (including phenoxy) is 1. The third kappa shape index (κ3) is 3.31. The van der Waals surface area contributed by atoms with Gasteiger partial charge in [0.15, 0.2) is 0 Å². The summed E-state index contributed by atoms with van der Waals surface area (Å²) in [4.78, 5) is 0. The molecule has 0 radical (unpaired) electrons. The van der Waals surface area contributed by atoms with Gasteiger partial charge in [-0.1, -0.05) is 29.3 Å². The molecule has 0 aromatic heterocycles. The summed E-state index contributed by atoms with van der Waals surface area (Å²) in [6, 6.07) is 12.0. The monoisotopic (exact) mass is 325 g/mol. The summed E-state index contributed by atoms with van der Waals surface area (Å²) in [5.41, 5.74) is 0.790. The lowest BCUT2D eigenvalue weighted by molar-refractivity contribution is 0.0990. The molecular formula is C16H14Cl2FNO. The Morgan fingerprint density at radius 1 is 1.10 bits per heavy atom. The SMILES string of the molecule is Fc1cc(C(Oc2ccc(Cl)cc2)C2CNC2)ccc1Cl. The highest BCUT2D eigenvalue weighted by Gasteiger charge is 2.30. The summed E-state index contributed by atoms with van der Waals surface area (Å²) in [6.07, 6.45) is -0.209. The van der Waals surface area contributed by atoms with Crippen molar-refractivity contribution in [3.63, 3.8) is 0 Å². The van der Waals surface area contributed by atoms with Gasteiger partial charge in [-0.3, -0.25) is 0 Å². The van der Waals surface area contributed by atoms with E-state index in [2.05, 4.69) is 5.32 Å². The van der Waals surface area contributed by atoms with Crippen molar-refractivity contribution in [3.05, 3.63) is 63.9 Å². The lowest BCUT2D eigenvalue weighted by atomic mass is 9.90. The van der Waals surface area contributed by atoms with Crippen LogP contribution in [0.2, 0.25) is 10.0 Å². The maximum absolute atomic E-state index is 13.7. The Balaban J connectivity index is 1.86. The van der Waals surface area contributed by atoms with Crippen LogP contribution in [0.3, 0.4) is 0 Å². The molecular weight excluding hydrogens is 312 g/mol. The third-order valence-electron chi connectivity index (χ3n) is 3.59. The summed E-state index contributed by atoms with van der Waals surface area (Å²) < 4.78 is 19.7. The number of halogens is 3. The lowest BCUT2D eigenvalue weighted by Gasteiger charge is -2.35. The predicted molar refractivity (Wildman–Crippen MR) is 82.6 cm³/mol. The Labute approximate surface area is 132 Å². The van der Waals surface area contributed by atoms with Crippen LogP contribution in [0.25, 0.3) is 0 Å². The highest BCUT2D eigenvalue weighted by molar-refractivity contribution is 6.30. The first kappa shape index (κ1) is 14.6. The zero-order chi connectivity index (χ0) is 14.8. The van der Waals surface area contributed by atoms with Crippen LogP contribution in [0.15, 0.2) is 42.5 Å². The summed E-state index contributed by atoms with van der Waals surface area (Å²) in [5, 5.41) is 3.99. The molecule has 1 atom stereocenters. The highest BCUT2D eigenvalue weighted by Crippen LogP contribution is 2.32. The molecule has 1 heterocycles. The fourth-order valence-corrected chi connectivity index (χ4v) is 2.55. The second kappa shape index (κ2) is 6.22. The molecule has 2 nitrogen and oxygen atoms in total. The minimum Gasteiger partial charge on any atom is -0.485 e. The second-order valence-corrected chi connectivity index (χ2v) is 5.93. The third-order valence-corrected chi connectivity index (χ3v) is 4.15. The molecule has 1 fully saturated rings. The Morgan fingerprint density at radius 2 is 1.81 bits per heavy atom. The van der Waals surface area contributed by atoms with E-state index in [0.717, 1.165) is 18.7 Å². The standard InChI is InChI=1S/C16H14Cl2FNO/c17-12-2-4-13(5-3-12)21-16(11-8-20-9-11)10-1-6-14(18)15(19)7-10/h1-7,11,16,20H,8-9H2. The van der Waals surface area contributed by atoms with Gasteiger partial charge in [-0.2, -0.15) is 0 Å². The van der Waals surface area contributed by atoms with Gasteiger partial charge in [-0.25, -0.2) is 4.39 Å². The van der Waals surface area contributed by atoms with E-state index in [9.17, 15) is 4.39 Å². The quantitative estimate of drug-likeness (QED) is 0.895. The van der Waals surface area contributed by atoms with Crippen molar-refractivity contribution in [1.29, 1.82) is 0 Å². The fraction of sp³-hybridized carbons (Fsp3) is 0.250. The van der Waals surface area contributed by atoms with Gasteiger partial charge in [-0.05, 0) is 42.0 Å². The van der Waals surface area contributed by atoms with Crippen molar-refractivity contribution in [3.8, 4) is 5.75 Å². The molecule has 5 heteroatoms. The van der Waals surface area contributed by atoms with E-state index < -0.39 is 5.82 Å². The van der Waals surface area contributed by atoms with Gasteiger partial charge < -0.3 is 10.1 Å². The zero-order valence-electron chi connectivity index (χ0n) is 11.2. The molecule has 0 saturated carbocycles. The topological polar surface area (TPSA) is 21.3 Å². The minimum atomic E-state index is -0.425. The highest BCUT2D eigenvalue weighted by atomic mass is 35.5. The Morgan fingerprint density at radius 3 is 2.38 bits per heavy atom. The van der Waals surface area contributed by atoms with Crippen LogP contribution in [0, 0.1) is 11.7 Å². The second-order valence-electron chi connectivity index (χ2n) is 5.08. The molecule has 0 bridgehead atoms. The molecule has 110 valence electrons. The largest absolute Gasteiger partial charge is 0.485 e. The Bertz CT molecular complexity index is 629. The lowest BCUT2D eigenvalue weighted by Crippen LogP contribution is -2.46. The van der Waals surface area contributed by atoms with Crippen LogP contribution < -0.4 is 10.1 Å². The average Bonchev–Trinajstić information content (AvgIpc) is 2.41. The molecule has 1 unspecified atom stereocenters. The minimum absolute atomic E-state index is 0.121. The fourth-order valence-electron chi connectivity index (χ4n) is 2.31. The number of benzene rings is 2. The van der Waals surface area contributed by atoms with Gasteiger partial charge in [0.05, 0.1) is 5.02 Å². The Hall–Kier alpha value is -1.29. The van der Waals surface area contributed by atoms with Gasteiger partial charge >= 0.3 is 0 Å². The molecule has 1 N–H and O–H groups in total. The van der Waals surface area contributed by atoms with Gasteiger partial charge in [-0.15, -0.1) is 0 Å². The van der Waals surface area contributed by atoms with Crippen molar-refractivity contribution < 1.29 is 9.13 Å². The molecule has 1 aliphatic rings. The Kier molecular flexibility index (Phi) is 4.34. The van der Waals surface area contributed by atoms with Crippen LogP contribution in [0.5, 0.6) is 5.75 Å². The summed E-state index contributed by atoms with van der Waals surface area (Å²) in [6.45, 7) is 1.70. The molecule has 1 aliphatic heterocycles. The maximum Gasteiger partial charge on any atom is 0.142 e. The maximum atomic E-state index is 13.7. The first-order chi connectivity index (χ1) is 10.1. The predicted octanol–water partition coefficient (Wildman–Crippen LogP) is 4.47. The normalized spacial score (nSPS) is 16.3. The first-order valence-electron chi connectivity index (χ1n) is 6.71. The van der Waals surface area contributed by atoms with Crippen molar-refractivity contribution in [1.82, 2.24) is 5.32 Å². The molecule has 0 amide bonds. The number of nitrogens with one attached hydrogen (secondary N) is 1. The molecule has 3 rings (SSSR count). The van der Waals surface area contributed by atoms with Gasteiger partial charge in [0.25, 0.3) is 0 Å². The first-order valence-corrected chi connectivity index (χ1v) is 7.47. The van der Waals surface area contributed by atoms with E-state index in [-0.39, 0.29) is 11.1 Å². The van der Waals surface area contributed by atoms with E-state index in [4.69, 9.17) is 27.9 Å². The summed E-state index contributed by atoms with van der Waals surface area (Å²) in [5.74, 6) is 0.596. The van der Waals surface area contributed by atoms with Gasteiger partial charge in [0.1, 0.15) is 17.7 Å². The number of hydrogen-bond acceptors (Lipinski definition) is 2. The van der Waals surface area contributed by atoms with Crippen molar-refractivity contribution >= 4 is 23.2 Å². The average molecular weight is 326 g/mol. The van der Waals surface area contributed by atoms with Crippen LogP contribution in [-0.2, 0) is 0 Å². The molecule has 0 spiro atoms. The summed E-state index contributed by atoms with van der Waals surface area (Å²) in [7, 11) is 0. The van der Waals surface area contributed by atoms with Crippen molar-refractivity contribution in [2.24, 2.45) is 5.92 Å². The summed E-state index contributed by atoms with van der Waals surface area (Å²) >= 11 is 11.6. The van der Waals surface area contributed by atoms with Crippen LogP contribution >= 0.6 is 23.2 Å². The molecule has 21 heavy (non-hydrogen) atoms. The number of hydrogen-bond donors (Lipinski definition) is 1. The van der Waals surface area contributed by atoms with Crippen molar-refractivity contribution in [2.45, 2.75) is 6.10 Å². The van der Waals surface area contributed by atoms with E-state index in [1.165, 1.54) is 6.07 Å². The number of rotatable bonds is 4. The van der Waals surface area contributed by atoms with Crippen LogP contribution in [0.1, 0.15) is 11.7 Å². The van der Waals surface area contributed by atoms with E-state index in [1.54, 1.807) is 18.2 Å². The van der Waals surface area contributed by atoms with Crippen LogP contribution in [0.4, 0.5) is 4.39 Å². The van der Waals surface area contributed by atoms with E-state index in [0.29, 0.717) is 16.7 Å². The molecule has 0 aliphatic carbocycles. The zero-order valence-corrected chi connectivity index (χ0v) is 12.7. The molecule has 1 saturated heterocycles. The van der Waals surface area contributed by atoms with Gasteiger partial charge in [0, 0.05) is 24.0 Å². The smallest absolute Gasteiger partial charge is 0.142 e. The van der Waals surface area contributed by atoms with E-state index >= 15 is 0 Å². The molecule has 2 aromatic carbocycles. The molecule has 2 aromatic rings. The van der Waals surface area contributed by atoms with E-state index in [1.807, 2.05) is 18.2 Å².